The van der Waals surface area contributed by atoms with E-state index in [9.17, 15) is 23.5 Å². The number of pyridine rings is 1. The highest BCUT2D eigenvalue weighted by atomic mass is 19.3. The smallest absolute Gasteiger partial charge is 0.329 e. The van der Waals surface area contributed by atoms with Crippen molar-refractivity contribution in [2.24, 2.45) is 0 Å². The second-order valence-corrected chi connectivity index (χ2v) is 8.73. The van der Waals surface area contributed by atoms with Gasteiger partial charge in [-0.25, -0.2) is 18.4 Å². The van der Waals surface area contributed by atoms with E-state index in [-0.39, 0.29) is 0 Å². The highest BCUT2D eigenvalue weighted by Crippen LogP contribution is 2.46. The van der Waals surface area contributed by atoms with Gasteiger partial charge in [0.25, 0.3) is 5.92 Å². The Labute approximate surface area is 198 Å². The number of unbranched alkanes of at least 4 members (excludes halogenated alkanes) is 1. The molecule has 184 valence electrons. The summed E-state index contributed by atoms with van der Waals surface area (Å²) in [5, 5.41) is 11.9. The van der Waals surface area contributed by atoms with Crippen molar-refractivity contribution < 1.29 is 28.2 Å². The first-order chi connectivity index (χ1) is 16.2. The minimum Gasteiger partial charge on any atom is -0.492 e. The van der Waals surface area contributed by atoms with Crippen LogP contribution in [-0.2, 0) is 11.2 Å². The molecular weight excluding hydrogens is 444 g/mol. The zero-order valence-corrected chi connectivity index (χ0v) is 19.5. The van der Waals surface area contributed by atoms with Crippen LogP contribution in [0.3, 0.4) is 0 Å². The van der Waals surface area contributed by atoms with E-state index in [2.05, 4.69) is 10.3 Å². The predicted octanol–water partition coefficient (Wildman–Crippen LogP) is 4.83. The quantitative estimate of drug-likeness (QED) is 0.454. The van der Waals surface area contributed by atoms with Gasteiger partial charge >= 0.3 is 12.0 Å². The summed E-state index contributed by atoms with van der Waals surface area (Å²) in [6.07, 6.45) is 3.64. The molecule has 0 radical (unpaired) electrons. The molecular formula is C25H31F2N3O4. The fourth-order valence-corrected chi connectivity index (χ4v) is 4.22. The Bertz CT molecular complexity index is 979. The first kappa shape index (κ1) is 25.4. The molecule has 2 aromatic rings. The largest absolute Gasteiger partial charge is 0.492 e. The van der Waals surface area contributed by atoms with Crippen molar-refractivity contribution >= 4 is 12.0 Å². The number of urea groups is 1. The number of aromatic nitrogens is 1. The SMILES string of the molecule is CCOc1cncc(C(C)N(CCCCc2ccccc2)C(=O)NC2(C(=O)O)CC(F)(F)C2)c1. The third-order valence-corrected chi connectivity index (χ3v) is 6.09. The molecule has 0 bridgehead atoms. The summed E-state index contributed by atoms with van der Waals surface area (Å²) in [5.41, 5.74) is -0.0808. The van der Waals surface area contributed by atoms with E-state index in [1.807, 2.05) is 37.3 Å². The van der Waals surface area contributed by atoms with Gasteiger partial charge in [0.05, 0.1) is 18.8 Å². The minimum absolute atomic E-state index is 0.324. The van der Waals surface area contributed by atoms with Gasteiger partial charge in [-0.05, 0) is 50.3 Å². The van der Waals surface area contributed by atoms with Gasteiger partial charge in [-0.15, -0.1) is 0 Å². The number of amides is 2. The van der Waals surface area contributed by atoms with Crippen molar-refractivity contribution in [2.75, 3.05) is 13.2 Å². The monoisotopic (exact) mass is 475 g/mol. The van der Waals surface area contributed by atoms with Crippen LogP contribution >= 0.6 is 0 Å². The van der Waals surface area contributed by atoms with E-state index in [1.54, 1.807) is 25.4 Å². The number of hydrogen-bond acceptors (Lipinski definition) is 4. The number of halogens is 2. The fraction of sp³-hybridized carbons (Fsp3) is 0.480. The molecule has 1 aromatic heterocycles. The lowest BCUT2D eigenvalue weighted by Crippen LogP contribution is -2.68. The topological polar surface area (TPSA) is 91.8 Å². The van der Waals surface area contributed by atoms with E-state index in [4.69, 9.17) is 4.74 Å². The second-order valence-electron chi connectivity index (χ2n) is 8.73. The predicted molar refractivity (Wildman–Crippen MR) is 123 cm³/mol. The van der Waals surface area contributed by atoms with Gasteiger partial charge < -0.3 is 20.1 Å². The van der Waals surface area contributed by atoms with Gasteiger partial charge in [0.2, 0.25) is 0 Å². The van der Waals surface area contributed by atoms with Crippen molar-refractivity contribution in [1.29, 1.82) is 0 Å². The van der Waals surface area contributed by atoms with Gasteiger partial charge in [0.15, 0.2) is 5.54 Å². The summed E-state index contributed by atoms with van der Waals surface area (Å²) in [6, 6.07) is 10.6. The highest BCUT2D eigenvalue weighted by Gasteiger charge is 2.62. The lowest BCUT2D eigenvalue weighted by atomic mass is 9.73. The number of aryl methyl sites for hydroxylation is 1. The third kappa shape index (κ3) is 6.21. The maximum Gasteiger partial charge on any atom is 0.329 e. The van der Waals surface area contributed by atoms with Crippen LogP contribution in [0.2, 0.25) is 0 Å². The number of carboxylic acids is 1. The van der Waals surface area contributed by atoms with Gasteiger partial charge in [0.1, 0.15) is 5.75 Å². The number of alkyl halides is 2. The number of nitrogens with one attached hydrogen (secondary N) is 1. The van der Waals surface area contributed by atoms with Gasteiger partial charge in [-0.2, -0.15) is 0 Å². The summed E-state index contributed by atoms with van der Waals surface area (Å²) in [7, 11) is 0. The van der Waals surface area contributed by atoms with Crippen LogP contribution in [0.1, 0.15) is 56.7 Å². The molecule has 3 rings (SSSR count). The summed E-state index contributed by atoms with van der Waals surface area (Å²) in [6.45, 7) is 4.43. The van der Waals surface area contributed by atoms with Gasteiger partial charge in [-0.3, -0.25) is 4.98 Å². The molecule has 0 spiro atoms. The Kier molecular flexibility index (Phi) is 8.06. The molecule has 1 aromatic carbocycles. The summed E-state index contributed by atoms with van der Waals surface area (Å²) >= 11 is 0. The molecule has 1 unspecified atom stereocenters. The van der Waals surface area contributed by atoms with E-state index >= 15 is 0 Å². The van der Waals surface area contributed by atoms with Crippen LogP contribution in [0, 0.1) is 0 Å². The van der Waals surface area contributed by atoms with Crippen molar-refractivity contribution in [2.45, 2.75) is 63.5 Å². The lowest BCUT2D eigenvalue weighted by molar-refractivity contribution is -0.175. The molecule has 1 aliphatic carbocycles. The van der Waals surface area contributed by atoms with Crippen LogP contribution < -0.4 is 10.1 Å². The maximum absolute atomic E-state index is 13.5. The molecule has 1 aliphatic rings. The molecule has 2 amide bonds. The highest BCUT2D eigenvalue weighted by molar-refractivity contribution is 5.87. The van der Waals surface area contributed by atoms with E-state index < -0.39 is 42.3 Å². The Morgan fingerprint density at radius 2 is 1.91 bits per heavy atom. The summed E-state index contributed by atoms with van der Waals surface area (Å²) in [4.78, 5) is 30.6. The van der Waals surface area contributed by atoms with E-state index in [0.29, 0.717) is 30.9 Å². The number of carbonyl (C=O) groups excluding carboxylic acids is 1. The van der Waals surface area contributed by atoms with Crippen molar-refractivity contribution in [3.63, 3.8) is 0 Å². The van der Waals surface area contributed by atoms with E-state index in [1.165, 1.54) is 10.5 Å². The minimum atomic E-state index is -3.10. The number of nitrogens with zero attached hydrogens (tertiary/aromatic N) is 2. The van der Waals surface area contributed by atoms with Crippen LogP contribution in [-0.4, -0.2) is 51.6 Å². The Morgan fingerprint density at radius 3 is 2.53 bits per heavy atom. The third-order valence-electron chi connectivity index (χ3n) is 6.09. The molecule has 1 atom stereocenters. The molecule has 2 N–H and O–H groups in total. The van der Waals surface area contributed by atoms with Crippen LogP contribution in [0.4, 0.5) is 13.6 Å². The summed E-state index contributed by atoms with van der Waals surface area (Å²) < 4.78 is 32.6. The number of hydrogen-bond donors (Lipinski definition) is 2. The summed E-state index contributed by atoms with van der Waals surface area (Å²) in [5.74, 6) is -4.01. The van der Waals surface area contributed by atoms with Crippen molar-refractivity contribution in [3.8, 4) is 5.75 Å². The second kappa shape index (κ2) is 10.8. The van der Waals surface area contributed by atoms with Crippen molar-refractivity contribution in [1.82, 2.24) is 15.2 Å². The molecule has 9 heteroatoms. The fourth-order valence-electron chi connectivity index (χ4n) is 4.22. The Balaban J connectivity index is 1.74. The molecule has 1 heterocycles. The Morgan fingerprint density at radius 1 is 1.21 bits per heavy atom. The van der Waals surface area contributed by atoms with Crippen LogP contribution in [0.5, 0.6) is 5.75 Å². The molecule has 0 saturated heterocycles. The number of carbonyl (C=O) groups is 2. The number of carboxylic acid groups (broad SMARTS) is 1. The van der Waals surface area contributed by atoms with E-state index in [0.717, 1.165) is 12.8 Å². The maximum atomic E-state index is 13.5. The molecule has 34 heavy (non-hydrogen) atoms. The molecule has 1 fully saturated rings. The number of ether oxygens (including phenoxy) is 1. The number of rotatable bonds is 11. The standard InChI is InChI=1S/C25H31F2N3O4/c1-3-34-21-13-20(14-28-15-21)18(2)30(12-8-7-11-19-9-5-4-6-10-19)23(33)29-24(22(31)32)16-25(26,27)17-24/h4-6,9-10,13-15,18H,3,7-8,11-12,16-17H2,1-2H3,(H,29,33)(H,31,32). The molecule has 1 saturated carbocycles. The zero-order valence-electron chi connectivity index (χ0n) is 19.5. The van der Waals surface area contributed by atoms with Crippen LogP contribution in [0.15, 0.2) is 48.8 Å². The average Bonchev–Trinajstić information content (AvgIpc) is 2.78. The van der Waals surface area contributed by atoms with Crippen molar-refractivity contribution in [3.05, 3.63) is 59.9 Å². The first-order valence-electron chi connectivity index (χ1n) is 11.5. The van der Waals surface area contributed by atoms with Gasteiger partial charge in [-0.1, -0.05) is 30.3 Å². The first-order valence-corrected chi connectivity index (χ1v) is 11.5. The van der Waals surface area contributed by atoms with Gasteiger partial charge in [0, 0.05) is 25.6 Å². The number of benzene rings is 1. The lowest BCUT2D eigenvalue weighted by Gasteiger charge is -2.45. The van der Waals surface area contributed by atoms with Crippen LogP contribution in [0.25, 0.3) is 0 Å². The molecule has 0 aliphatic heterocycles. The molecule has 7 nitrogen and oxygen atoms in total. The number of aliphatic carboxylic acids is 1. The zero-order chi connectivity index (χ0) is 24.8. The Hall–Kier alpha value is -3.23. The normalized spacial score (nSPS) is 16.7. The average molecular weight is 476 g/mol.